The Bertz CT molecular complexity index is 2900. The van der Waals surface area contributed by atoms with Crippen molar-refractivity contribution in [3.63, 3.8) is 0 Å². The summed E-state index contributed by atoms with van der Waals surface area (Å²) >= 11 is 0. The first-order valence-corrected chi connectivity index (χ1v) is 17.6. The van der Waals surface area contributed by atoms with Gasteiger partial charge in [0.05, 0.1) is 5.69 Å². The molecule has 0 spiro atoms. The van der Waals surface area contributed by atoms with Crippen LogP contribution in [0.4, 0.5) is 17.1 Å². The van der Waals surface area contributed by atoms with Gasteiger partial charge in [0.1, 0.15) is 0 Å². The van der Waals surface area contributed by atoms with Gasteiger partial charge < -0.3 is 4.90 Å². The molecule has 10 aromatic rings. The maximum absolute atomic E-state index is 2.39. The molecule has 0 atom stereocenters. The number of benzene rings is 10. The van der Waals surface area contributed by atoms with Crippen LogP contribution in [-0.4, -0.2) is 0 Å². The van der Waals surface area contributed by atoms with Crippen LogP contribution in [0.3, 0.4) is 0 Å². The van der Waals surface area contributed by atoms with Gasteiger partial charge in [0.2, 0.25) is 0 Å². The Kier molecular flexibility index (Phi) is 6.89. The molecule has 10 rings (SSSR count). The van der Waals surface area contributed by atoms with Crippen molar-refractivity contribution in [2.24, 2.45) is 0 Å². The molecule has 0 bridgehead atoms. The average molecular weight is 648 g/mol. The Hall–Kier alpha value is -6.70. The SMILES string of the molecule is c1ccc(N(c2ccc3ccc4ccccc4c3c2)c2ccccc2-c2ccc(-c3ccc4ccc5c6ccccc6ccc5c4c3)cc2)cc1. The van der Waals surface area contributed by atoms with Gasteiger partial charge in [-0.05, 0) is 107 Å². The van der Waals surface area contributed by atoms with E-state index in [0.29, 0.717) is 0 Å². The van der Waals surface area contributed by atoms with Gasteiger partial charge in [-0.15, -0.1) is 0 Å². The zero-order valence-electron chi connectivity index (χ0n) is 28.0. The zero-order chi connectivity index (χ0) is 33.7. The molecule has 0 aromatic heterocycles. The van der Waals surface area contributed by atoms with Crippen LogP contribution in [0.25, 0.3) is 76.1 Å². The van der Waals surface area contributed by atoms with Crippen LogP contribution >= 0.6 is 0 Å². The molecule has 0 heterocycles. The number of nitrogens with zero attached hydrogens (tertiary/aromatic N) is 1. The molecule has 0 radical (unpaired) electrons. The number of rotatable bonds is 5. The van der Waals surface area contributed by atoms with E-state index >= 15 is 0 Å². The van der Waals surface area contributed by atoms with Crippen LogP contribution < -0.4 is 4.90 Å². The number of para-hydroxylation sites is 2. The van der Waals surface area contributed by atoms with Crippen LogP contribution in [-0.2, 0) is 0 Å². The van der Waals surface area contributed by atoms with Crippen molar-refractivity contribution in [1.29, 1.82) is 0 Å². The molecule has 0 saturated carbocycles. The lowest BCUT2D eigenvalue weighted by Crippen LogP contribution is -2.11. The normalized spacial score (nSPS) is 11.5. The van der Waals surface area contributed by atoms with E-state index in [1.54, 1.807) is 0 Å². The minimum Gasteiger partial charge on any atom is -0.310 e. The van der Waals surface area contributed by atoms with Crippen molar-refractivity contribution < 1.29 is 0 Å². The molecule has 10 aromatic carbocycles. The molecule has 0 aliphatic heterocycles. The Morgan fingerprint density at radius 2 is 0.745 bits per heavy atom. The van der Waals surface area contributed by atoms with E-state index in [1.807, 2.05) is 0 Å². The van der Waals surface area contributed by atoms with Crippen molar-refractivity contribution in [3.8, 4) is 22.3 Å². The van der Waals surface area contributed by atoms with E-state index in [0.717, 1.165) is 17.1 Å². The van der Waals surface area contributed by atoms with Crippen molar-refractivity contribution in [1.82, 2.24) is 0 Å². The fourth-order valence-electron chi connectivity index (χ4n) is 7.89. The summed E-state index contributed by atoms with van der Waals surface area (Å²) in [5.74, 6) is 0. The average Bonchev–Trinajstić information content (AvgIpc) is 3.21. The second-order valence-electron chi connectivity index (χ2n) is 13.3. The molecule has 0 saturated heterocycles. The predicted molar refractivity (Wildman–Crippen MR) is 220 cm³/mol. The molecule has 0 amide bonds. The third-order valence-electron chi connectivity index (χ3n) is 10.4. The van der Waals surface area contributed by atoms with Gasteiger partial charge in [0, 0.05) is 16.9 Å². The van der Waals surface area contributed by atoms with E-state index in [9.17, 15) is 0 Å². The smallest absolute Gasteiger partial charge is 0.0540 e. The summed E-state index contributed by atoms with van der Waals surface area (Å²) in [5.41, 5.74) is 8.18. The molecule has 0 aliphatic carbocycles. The monoisotopic (exact) mass is 647 g/mol. The van der Waals surface area contributed by atoms with Gasteiger partial charge in [0.25, 0.3) is 0 Å². The Labute approximate surface area is 297 Å². The van der Waals surface area contributed by atoms with Gasteiger partial charge in [-0.25, -0.2) is 0 Å². The molecule has 238 valence electrons. The number of hydrogen-bond donors (Lipinski definition) is 0. The van der Waals surface area contributed by atoms with E-state index < -0.39 is 0 Å². The molecule has 1 heteroatoms. The van der Waals surface area contributed by atoms with Gasteiger partial charge in [0.15, 0.2) is 0 Å². The molecule has 0 aliphatic rings. The van der Waals surface area contributed by atoms with E-state index in [1.165, 1.54) is 76.1 Å². The molecular formula is C50H33N. The van der Waals surface area contributed by atoms with Crippen molar-refractivity contribution in [3.05, 3.63) is 200 Å². The van der Waals surface area contributed by atoms with Gasteiger partial charge >= 0.3 is 0 Å². The van der Waals surface area contributed by atoms with Crippen molar-refractivity contribution in [2.75, 3.05) is 4.90 Å². The van der Waals surface area contributed by atoms with Crippen molar-refractivity contribution in [2.45, 2.75) is 0 Å². The van der Waals surface area contributed by atoms with E-state index in [4.69, 9.17) is 0 Å². The van der Waals surface area contributed by atoms with Gasteiger partial charge in [-0.2, -0.15) is 0 Å². The topological polar surface area (TPSA) is 3.24 Å². The van der Waals surface area contributed by atoms with Crippen LogP contribution in [0.15, 0.2) is 200 Å². The van der Waals surface area contributed by atoms with E-state index in [-0.39, 0.29) is 0 Å². The first-order valence-electron chi connectivity index (χ1n) is 17.6. The number of hydrogen-bond acceptors (Lipinski definition) is 1. The summed E-state index contributed by atoms with van der Waals surface area (Å²) in [4.78, 5) is 2.39. The van der Waals surface area contributed by atoms with Crippen LogP contribution in [0.5, 0.6) is 0 Å². The van der Waals surface area contributed by atoms with Crippen LogP contribution in [0.2, 0.25) is 0 Å². The quantitative estimate of drug-likeness (QED) is 0.168. The molecule has 51 heavy (non-hydrogen) atoms. The lowest BCUT2D eigenvalue weighted by Gasteiger charge is -2.28. The molecular weight excluding hydrogens is 615 g/mol. The third kappa shape index (κ3) is 5.02. The minimum absolute atomic E-state index is 1.12. The predicted octanol–water partition coefficient (Wildman–Crippen LogP) is 14.3. The molecule has 1 nitrogen and oxygen atoms in total. The Balaban J connectivity index is 1.07. The maximum Gasteiger partial charge on any atom is 0.0540 e. The summed E-state index contributed by atoms with van der Waals surface area (Å²) in [7, 11) is 0. The van der Waals surface area contributed by atoms with Crippen LogP contribution in [0, 0.1) is 0 Å². The highest BCUT2D eigenvalue weighted by Crippen LogP contribution is 2.43. The highest BCUT2D eigenvalue weighted by atomic mass is 15.1. The maximum atomic E-state index is 2.39. The van der Waals surface area contributed by atoms with Crippen LogP contribution in [0.1, 0.15) is 0 Å². The fourth-order valence-corrected chi connectivity index (χ4v) is 7.89. The molecule has 0 fully saturated rings. The summed E-state index contributed by atoms with van der Waals surface area (Å²) in [6, 6.07) is 73.0. The standard InChI is InChI=1S/C50H33N/c1-2-12-41(13-3-1)51(42-29-26-38-23-22-35-10-5-7-15-44(35)49(38)33-42)50-17-9-8-16-45(50)37-20-18-34(19-21-37)40-25-24-39-28-30-46-43-14-6-4-11-36(43)27-31-47(46)48(39)32-40/h1-33H. The first kappa shape index (κ1) is 29.2. The third-order valence-corrected chi connectivity index (χ3v) is 10.4. The number of anilines is 3. The van der Waals surface area contributed by atoms with E-state index in [2.05, 4.69) is 205 Å². The largest absolute Gasteiger partial charge is 0.310 e. The summed E-state index contributed by atoms with van der Waals surface area (Å²) < 4.78 is 0. The van der Waals surface area contributed by atoms with Crippen molar-refractivity contribution >= 4 is 70.9 Å². The second-order valence-corrected chi connectivity index (χ2v) is 13.3. The number of fused-ring (bicyclic) bond motifs is 8. The fraction of sp³-hybridized carbons (Fsp3) is 0. The lowest BCUT2D eigenvalue weighted by atomic mass is 9.94. The first-order chi connectivity index (χ1) is 25.3. The minimum atomic E-state index is 1.12. The molecule has 0 unspecified atom stereocenters. The Morgan fingerprint density at radius 1 is 0.255 bits per heavy atom. The zero-order valence-corrected chi connectivity index (χ0v) is 28.0. The second kappa shape index (κ2) is 12.0. The Morgan fingerprint density at radius 3 is 1.49 bits per heavy atom. The highest BCUT2D eigenvalue weighted by Gasteiger charge is 2.18. The van der Waals surface area contributed by atoms with Gasteiger partial charge in [-0.1, -0.05) is 164 Å². The lowest BCUT2D eigenvalue weighted by molar-refractivity contribution is 1.29. The summed E-state index contributed by atoms with van der Waals surface area (Å²) in [6.07, 6.45) is 0. The van der Waals surface area contributed by atoms with Gasteiger partial charge in [-0.3, -0.25) is 0 Å². The highest BCUT2D eigenvalue weighted by molar-refractivity contribution is 6.17. The summed E-state index contributed by atoms with van der Waals surface area (Å²) in [5, 5.41) is 12.7. The summed E-state index contributed by atoms with van der Waals surface area (Å²) in [6.45, 7) is 0. The molecule has 0 N–H and O–H groups in total.